The number of carbonyl (C=O) groups is 1. The van der Waals surface area contributed by atoms with Gasteiger partial charge in [-0.3, -0.25) is 0 Å². The third-order valence-corrected chi connectivity index (χ3v) is 6.06. The lowest BCUT2D eigenvalue weighted by atomic mass is 10.2. The average Bonchev–Trinajstić information content (AvgIpc) is 2.59. The largest absolute Gasteiger partial charge is 0.416 e. The molecule has 27 heavy (non-hydrogen) atoms. The van der Waals surface area contributed by atoms with E-state index in [1.165, 1.54) is 11.8 Å². The molecule has 11 heteroatoms. The predicted octanol–water partition coefficient (Wildman–Crippen LogP) is 4.14. The number of thioether (sulfide) groups is 1. The maximum atomic E-state index is 12.5. The molecule has 2 aromatic rings. The molecule has 0 aliphatic carbocycles. The van der Waals surface area contributed by atoms with Gasteiger partial charge in [0, 0.05) is 17.2 Å². The monoisotopic (exact) mass is 438 g/mol. The number of halogens is 4. The van der Waals surface area contributed by atoms with Crippen molar-refractivity contribution < 1.29 is 26.4 Å². The minimum absolute atomic E-state index is 0.157. The molecule has 2 rings (SSSR count). The maximum Gasteiger partial charge on any atom is 0.416 e. The SMILES string of the molecule is O=C(NCCSc1ccccc1Cl)NS(=O)(=O)c1ccc(C(F)(F)F)cc1. The van der Waals surface area contributed by atoms with Crippen molar-refractivity contribution in [2.75, 3.05) is 12.3 Å². The maximum absolute atomic E-state index is 12.5. The molecule has 0 saturated carbocycles. The lowest BCUT2D eigenvalue weighted by Crippen LogP contribution is -2.40. The van der Waals surface area contributed by atoms with Crippen LogP contribution in [0.4, 0.5) is 18.0 Å². The average molecular weight is 439 g/mol. The standard InChI is InChI=1S/C16H14ClF3N2O3S2/c17-13-3-1-2-4-14(13)26-10-9-21-15(23)22-27(24,25)12-7-5-11(6-8-12)16(18,19)20/h1-8H,9-10H2,(H2,21,22,23). The molecule has 0 saturated heterocycles. The summed E-state index contributed by atoms with van der Waals surface area (Å²) < 4.78 is 63.3. The van der Waals surface area contributed by atoms with E-state index in [4.69, 9.17) is 11.6 Å². The smallest absolute Gasteiger partial charge is 0.336 e. The molecule has 0 spiro atoms. The molecule has 2 N–H and O–H groups in total. The summed E-state index contributed by atoms with van der Waals surface area (Å²) >= 11 is 7.37. The van der Waals surface area contributed by atoms with Crippen LogP contribution in [0.3, 0.4) is 0 Å². The van der Waals surface area contributed by atoms with Crippen LogP contribution in [-0.4, -0.2) is 26.7 Å². The van der Waals surface area contributed by atoms with Crippen LogP contribution in [0.1, 0.15) is 5.56 Å². The van der Waals surface area contributed by atoms with Crippen LogP contribution in [0.15, 0.2) is 58.3 Å². The van der Waals surface area contributed by atoms with E-state index in [1.807, 2.05) is 12.1 Å². The molecule has 2 aromatic carbocycles. The van der Waals surface area contributed by atoms with Crippen molar-refractivity contribution in [3.63, 3.8) is 0 Å². The predicted molar refractivity (Wildman–Crippen MR) is 97.3 cm³/mol. The molecule has 0 aliphatic heterocycles. The quantitative estimate of drug-likeness (QED) is 0.525. The Bertz CT molecular complexity index is 904. The highest BCUT2D eigenvalue weighted by Crippen LogP contribution is 2.29. The second-order valence-electron chi connectivity index (χ2n) is 5.16. The number of urea groups is 1. The Kier molecular flexibility index (Phi) is 7.01. The van der Waals surface area contributed by atoms with Gasteiger partial charge in [0.05, 0.1) is 15.5 Å². The van der Waals surface area contributed by atoms with Crippen LogP contribution in [0.25, 0.3) is 0 Å². The van der Waals surface area contributed by atoms with Gasteiger partial charge in [-0.15, -0.1) is 11.8 Å². The number of sulfonamides is 1. The molecule has 0 unspecified atom stereocenters. The van der Waals surface area contributed by atoms with Gasteiger partial charge in [-0.2, -0.15) is 13.2 Å². The summed E-state index contributed by atoms with van der Waals surface area (Å²) in [6.07, 6.45) is -4.58. The molecule has 0 heterocycles. The van der Waals surface area contributed by atoms with Gasteiger partial charge in [-0.05, 0) is 36.4 Å². The van der Waals surface area contributed by atoms with Gasteiger partial charge in [0.25, 0.3) is 10.0 Å². The lowest BCUT2D eigenvalue weighted by molar-refractivity contribution is -0.137. The van der Waals surface area contributed by atoms with Crippen LogP contribution < -0.4 is 10.0 Å². The van der Waals surface area contributed by atoms with Crippen LogP contribution in [-0.2, 0) is 16.2 Å². The Hall–Kier alpha value is -1.91. The molecule has 0 atom stereocenters. The van der Waals surface area contributed by atoms with Gasteiger partial charge in [0.15, 0.2) is 0 Å². The Balaban J connectivity index is 1.86. The van der Waals surface area contributed by atoms with Gasteiger partial charge in [-0.25, -0.2) is 17.9 Å². The molecule has 2 amide bonds. The molecule has 0 aliphatic rings. The van der Waals surface area contributed by atoms with Crippen molar-refractivity contribution in [1.29, 1.82) is 0 Å². The number of rotatable bonds is 6. The van der Waals surface area contributed by atoms with Gasteiger partial charge >= 0.3 is 12.2 Å². The molecule has 0 aromatic heterocycles. The lowest BCUT2D eigenvalue weighted by Gasteiger charge is -2.10. The third kappa shape index (κ3) is 6.33. The van der Waals surface area contributed by atoms with E-state index in [0.717, 1.165) is 17.0 Å². The van der Waals surface area contributed by atoms with E-state index in [9.17, 15) is 26.4 Å². The van der Waals surface area contributed by atoms with E-state index >= 15 is 0 Å². The van der Waals surface area contributed by atoms with Gasteiger partial charge in [-0.1, -0.05) is 23.7 Å². The van der Waals surface area contributed by atoms with Crippen LogP contribution in [0.2, 0.25) is 5.02 Å². The fourth-order valence-electron chi connectivity index (χ4n) is 1.93. The van der Waals surface area contributed by atoms with Gasteiger partial charge in [0.1, 0.15) is 0 Å². The van der Waals surface area contributed by atoms with Gasteiger partial charge in [0.2, 0.25) is 0 Å². The Morgan fingerprint density at radius 3 is 2.30 bits per heavy atom. The number of carbonyl (C=O) groups excluding carboxylic acids is 1. The van der Waals surface area contributed by atoms with Crippen molar-refractivity contribution >= 4 is 39.4 Å². The number of hydrogen-bond donors (Lipinski definition) is 2. The first kappa shape index (κ1) is 21.4. The molecule has 5 nitrogen and oxygen atoms in total. The van der Waals surface area contributed by atoms with Crippen molar-refractivity contribution in [3.05, 3.63) is 59.1 Å². The Labute approximate surface area is 163 Å². The summed E-state index contributed by atoms with van der Waals surface area (Å²) in [6, 6.07) is 8.98. The highest BCUT2D eigenvalue weighted by molar-refractivity contribution is 7.99. The summed E-state index contributed by atoms with van der Waals surface area (Å²) in [7, 11) is -4.28. The molecule has 0 radical (unpaired) electrons. The number of benzene rings is 2. The summed E-state index contributed by atoms with van der Waals surface area (Å²) in [5.41, 5.74) is -0.984. The zero-order valence-corrected chi connectivity index (χ0v) is 16.0. The number of nitrogens with one attached hydrogen (secondary N) is 2. The summed E-state index contributed by atoms with van der Waals surface area (Å²) in [5, 5.41) is 2.93. The van der Waals surface area contributed by atoms with E-state index in [0.29, 0.717) is 22.9 Å². The Morgan fingerprint density at radius 2 is 1.70 bits per heavy atom. The highest BCUT2D eigenvalue weighted by Gasteiger charge is 2.30. The topological polar surface area (TPSA) is 75.3 Å². The highest BCUT2D eigenvalue weighted by atomic mass is 35.5. The zero-order chi connectivity index (χ0) is 20.1. The Morgan fingerprint density at radius 1 is 1.07 bits per heavy atom. The molecule has 0 fully saturated rings. The minimum Gasteiger partial charge on any atom is -0.336 e. The molecular formula is C16H14ClF3N2O3S2. The normalized spacial score (nSPS) is 11.9. The summed E-state index contributed by atoms with van der Waals surface area (Å²) in [4.78, 5) is 12.1. The van der Waals surface area contributed by atoms with Crippen molar-refractivity contribution in [1.82, 2.24) is 10.0 Å². The van der Waals surface area contributed by atoms with Crippen LogP contribution >= 0.6 is 23.4 Å². The zero-order valence-electron chi connectivity index (χ0n) is 13.6. The number of hydrogen-bond acceptors (Lipinski definition) is 4. The molecular weight excluding hydrogens is 425 g/mol. The second-order valence-corrected chi connectivity index (χ2v) is 8.39. The van der Waals surface area contributed by atoms with E-state index < -0.39 is 32.7 Å². The van der Waals surface area contributed by atoms with Crippen molar-refractivity contribution in [2.24, 2.45) is 0 Å². The van der Waals surface area contributed by atoms with Gasteiger partial charge < -0.3 is 5.32 Å². The van der Waals surface area contributed by atoms with E-state index in [2.05, 4.69) is 5.32 Å². The summed E-state index contributed by atoms with van der Waals surface area (Å²) in [5.74, 6) is 0.442. The molecule has 0 bridgehead atoms. The van der Waals surface area contributed by atoms with Crippen LogP contribution in [0, 0.1) is 0 Å². The second kappa shape index (κ2) is 8.85. The van der Waals surface area contributed by atoms with E-state index in [1.54, 1.807) is 16.9 Å². The van der Waals surface area contributed by atoms with Crippen LogP contribution in [0.5, 0.6) is 0 Å². The van der Waals surface area contributed by atoms with E-state index in [-0.39, 0.29) is 6.54 Å². The third-order valence-electron chi connectivity index (χ3n) is 3.20. The first-order valence-corrected chi connectivity index (χ1v) is 10.3. The first-order valence-electron chi connectivity index (χ1n) is 7.45. The number of amides is 2. The van der Waals surface area contributed by atoms with Crippen molar-refractivity contribution in [2.45, 2.75) is 16.0 Å². The molecule has 146 valence electrons. The summed E-state index contributed by atoms with van der Waals surface area (Å²) in [6.45, 7) is 0.157. The fourth-order valence-corrected chi connectivity index (χ4v) is 3.96. The number of alkyl halides is 3. The van der Waals surface area contributed by atoms with Crippen molar-refractivity contribution in [3.8, 4) is 0 Å². The fraction of sp³-hybridized carbons (Fsp3) is 0.188. The minimum atomic E-state index is -4.58. The first-order chi connectivity index (χ1) is 12.6.